The number of carbonyl (C=O) groups excluding carboxylic acids is 1. The van der Waals surface area contributed by atoms with Crippen molar-refractivity contribution in [1.82, 2.24) is 5.43 Å². The van der Waals surface area contributed by atoms with Gasteiger partial charge in [0.2, 0.25) is 0 Å². The van der Waals surface area contributed by atoms with Crippen LogP contribution in [0.15, 0.2) is 47.6 Å². The Bertz CT molecular complexity index is 856. The normalized spacial score (nSPS) is 10.6. The quantitative estimate of drug-likeness (QED) is 0.610. The van der Waals surface area contributed by atoms with Crippen molar-refractivity contribution in [3.05, 3.63) is 53.6 Å². The van der Waals surface area contributed by atoms with Gasteiger partial charge in [0, 0.05) is 5.56 Å². The maximum absolute atomic E-state index is 11.9. The van der Waals surface area contributed by atoms with E-state index >= 15 is 0 Å². The van der Waals surface area contributed by atoms with Crippen LogP contribution < -0.4 is 19.6 Å². The number of rotatable bonds is 7. The number of para-hydroxylation sites is 1. The molecule has 0 atom stereocenters. The van der Waals surface area contributed by atoms with Crippen LogP contribution in [0.4, 0.5) is 0 Å². The van der Waals surface area contributed by atoms with Gasteiger partial charge in [-0.05, 0) is 37.3 Å². The van der Waals surface area contributed by atoms with E-state index in [2.05, 4.69) is 10.5 Å². The third kappa shape index (κ3) is 4.74. The standard InChI is InChI=1S/C19H19N3O4/c1-13(14-8-9-17(24-2)18(10-14)25-3)21-22-19(23)12-26-16-7-5-4-6-15(16)11-20/h4-10H,12H2,1-3H3,(H,22,23)/b21-13+. The Labute approximate surface area is 151 Å². The summed E-state index contributed by atoms with van der Waals surface area (Å²) < 4.78 is 15.8. The molecule has 0 fully saturated rings. The Hall–Kier alpha value is -3.53. The fraction of sp³-hybridized carbons (Fsp3) is 0.211. The number of ether oxygens (including phenoxy) is 3. The number of carbonyl (C=O) groups is 1. The van der Waals surface area contributed by atoms with E-state index in [0.29, 0.717) is 28.5 Å². The van der Waals surface area contributed by atoms with Crippen molar-refractivity contribution in [2.75, 3.05) is 20.8 Å². The van der Waals surface area contributed by atoms with E-state index in [9.17, 15) is 4.79 Å². The first-order valence-corrected chi connectivity index (χ1v) is 7.76. The zero-order valence-corrected chi connectivity index (χ0v) is 14.8. The van der Waals surface area contributed by atoms with Crippen LogP contribution in [0, 0.1) is 11.3 Å². The molecule has 26 heavy (non-hydrogen) atoms. The van der Waals surface area contributed by atoms with Gasteiger partial charge in [0.25, 0.3) is 5.91 Å². The molecular weight excluding hydrogens is 334 g/mol. The van der Waals surface area contributed by atoms with Gasteiger partial charge >= 0.3 is 0 Å². The Morgan fingerprint density at radius 2 is 1.85 bits per heavy atom. The third-order valence-corrected chi connectivity index (χ3v) is 3.52. The first kappa shape index (κ1) is 18.8. The van der Waals surface area contributed by atoms with E-state index in [4.69, 9.17) is 19.5 Å². The summed E-state index contributed by atoms with van der Waals surface area (Å²) in [6, 6.07) is 14.0. The molecule has 0 aliphatic rings. The summed E-state index contributed by atoms with van der Waals surface area (Å²) in [5.41, 5.74) is 4.16. The molecule has 2 rings (SSSR count). The van der Waals surface area contributed by atoms with Crippen molar-refractivity contribution < 1.29 is 19.0 Å². The molecule has 0 heterocycles. The fourth-order valence-corrected chi connectivity index (χ4v) is 2.13. The van der Waals surface area contributed by atoms with Crippen LogP contribution in [-0.2, 0) is 4.79 Å². The molecule has 0 aliphatic carbocycles. The molecule has 0 bridgehead atoms. The van der Waals surface area contributed by atoms with Crippen LogP contribution in [0.5, 0.6) is 17.2 Å². The Balaban J connectivity index is 1.98. The highest BCUT2D eigenvalue weighted by molar-refractivity contribution is 5.99. The van der Waals surface area contributed by atoms with E-state index in [1.807, 2.05) is 12.1 Å². The highest BCUT2D eigenvalue weighted by Gasteiger charge is 2.08. The first-order chi connectivity index (χ1) is 12.6. The Kier molecular flexibility index (Phi) is 6.57. The van der Waals surface area contributed by atoms with Gasteiger partial charge in [-0.1, -0.05) is 12.1 Å². The van der Waals surface area contributed by atoms with Crippen LogP contribution in [0.25, 0.3) is 0 Å². The molecule has 0 saturated heterocycles. The second-order valence-corrected chi connectivity index (χ2v) is 5.20. The molecule has 0 radical (unpaired) electrons. The molecule has 0 aromatic heterocycles. The van der Waals surface area contributed by atoms with Crippen molar-refractivity contribution in [3.8, 4) is 23.3 Å². The summed E-state index contributed by atoms with van der Waals surface area (Å²) in [6.45, 7) is 1.51. The zero-order valence-electron chi connectivity index (χ0n) is 14.8. The number of benzene rings is 2. The average Bonchev–Trinajstić information content (AvgIpc) is 2.69. The van der Waals surface area contributed by atoms with Crippen LogP contribution in [0.2, 0.25) is 0 Å². The maximum Gasteiger partial charge on any atom is 0.277 e. The molecule has 1 amide bonds. The minimum atomic E-state index is -0.433. The summed E-state index contributed by atoms with van der Waals surface area (Å²) in [5.74, 6) is 1.10. The predicted octanol–water partition coefficient (Wildman–Crippen LogP) is 2.49. The van der Waals surface area contributed by atoms with Crippen LogP contribution >= 0.6 is 0 Å². The van der Waals surface area contributed by atoms with Crippen molar-refractivity contribution in [1.29, 1.82) is 5.26 Å². The first-order valence-electron chi connectivity index (χ1n) is 7.76. The maximum atomic E-state index is 11.9. The molecular formula is C19H19N3O4. The van der Waals surface area contributed by atoms with Crippen molar-refractivity contribution in [2.45, 2.75) is 6.92 Å². The Morgan fingerprint density at radius 1 is 1.12 bits per heavy atom. The number of nitrogens with one attached hydrogen (secondary N) is 1. The molecule has 7 nitrogen and oxygen atoms in total. The second-order valence-electron chi connectivity index (χ2n) is 5.20. The van der Waals surface area contributed by atoms with Crippen molar-refractivity contribution >= 4 is 11.6 Å². The van der Waals surface area contributed by atoms with Gasteiger partial charge < -0.3 is 14.2 Å². The molecule has 2 aromatic rings. The van der Waals surface area contributed by atoms with E-state index in [-0.39, 0.29) is 6.61 Å². The number of methoxy groups -OCH3 is 2. The molecule has 0 spiro atoms. The lowest BCUT2D eigenvalue weighted by molar-refractivity contribution is -0.123. The Morgan fingerprint density at radius 3 is 2.54 bits per heavy atom. The van der Waals surface area contributed by atoms with E-state index in [1.54, 1.807) is 57.5 Å². The summed E-state index contributed by atoms with van der Waals surface area (Å²) in [7, 11) is 3.11. The highest BCUT2D eigenvalue weighted by atomic mass is 16.5. The summed E-state index contributed by atoms with van der Waals surface area (Å²) in [5, 5.41) is 13.1. The van der Waals surface area contributed by atoms with Crippen LogP contribution in [-0.4, -0.2) is 32.4 Å². The highest BCUT2D eigenvalue weighted by Crippen LogP contribution is 2.27. The van der Waals surface area contributed by atoms with Gasteiger partial charge in [0.1, 0.15) is 11.8 Å². The van der Waals surface area contributed by atoms with Gasteiger partial charge in [0.05, 0.1) is 25.5 Å². The lowest BCUT2D eigenvalue weighted by atomic mass is 10.1. The fourth-order valence-electron chi connectivity index (χ4n) is 2.13. The van der Waals surface area contributed by atoms with Crippen LogP contribution in [0.1, 0.15) is 18.1 Å². The van der Waals surface area contributed by atoms with Gasteiger partial charge in [-0.15, -0.1) is 0 Å². The average molecular weight is 353 g/mol. The van der Waals surface area contributed by atoms with Crippen molar-refractivity contribution in [3.63, 3.8) is 0 Å². The molecule has 2 aromatic carbocycles. The van der Waals surface area contributed by atoms with Crippen LogP contribution in [0.3, 0.4) is 0 Å². The molecule has 134 valence electrons. The van der Waals surface area contributed by atoms with Gasteiger partial charge in [-0.3, -0.25) is 4.79 Å². The number of nitriles is 1. The van der Waals surface area contributed by atoms with E-state index in [0.717, 1.165) is 5.56 Å². The largest absolute Gasteiger partial charge is 0.493 e. The number of hydrogen-bond acceptors (Lipinski definition) is 6. The number of nitrogens with zero attached hydrogens (tertiary/aromatic N) is 2. The van der Waals surface area contributed by atoms with E-state index in [1.165, 1.54) is 0 Å². The molecule has 0 unspecified atom stereocenters. The predicted molar refractivity (Wildman–Crippen MR) is 96.6 cm³/mol. The number of hydrazone groups is 1. The van der Waals surface area contributed by atoms with Crippen molar-refractivity contribution in [2.24, 2.45) is 5.10 Å². The molecule has 1 N–H and O–H groups in total. The molecule has 0 aliphatic heterocycles. The lowest BCUT2D eigenvalue weighted by Crippen LogP contribution is -2.25. The minimum Gasteiger partial charge on any atom is -0.493 e. The number of hydrogen-bond donors (Lipinski definition) is 1. The lowest BCUT2D eigenvalue weighted by Gasteiger charge is -2.10. The monoisotopic (exact) mass is 353 g/mol. The topological polar surface area (TPSA) is 92.9 Å². The summed E-state index contributed by atoms with van der Waals surface area (Å²) in [6.07, 6.45) is 0. The molecule has 7 heteroatoms. The van der Waals surface area contributed by atoms with Gasteiger partial charge in [-0.2, -0.15) is 10.4 Å². The van der Waals surface area contributed by atoms with Gasteiger partial charge in [0.15, 0.2) is 18.1 Å². The zero-order chi connectivity index (χ0) is 18.9. The number of amides is 1. The third-order valence-electron chi connectivity index (χ3n) is 3.52. The van der Waals surface area contributed by atoms with E-state index < -0.39 is 5.91 Å². The summed E-state index contributed by atoms with van der Waals surface area (Å²) in [4.78, 5) is 11.9. The smallest absolute Gasteiger partial charge is 0.277 e. The molecule has 0 saturated carbocycles. The van der Waals surface area contributed by atoms with Gasteiger partial charge in [-0.25, -0.2) is 5.43 Å². The summed E-state index contributed by atoms with van der Waals surface area (Å²) >= 11 is 0. The second kappa shape index (κ2) is 9.08. The SMILES string of the molecule is COc1ccc(/C(C)=N/NC(=O)COc2ccccc2C#N)cc1OC. The minimum absolute atomic E-state index is 0.249.